The van der Waals surface area contributed by atoms with Gasteiger partial charge in [0.2, 0.25) is 17.0 Å². The number of carbonyl (C=O) groups excluding carboxylic acids is 1. The lowest BCUT2D eigenvalue weighted by Crippen LogP contribution is -2.31. The van der Waals surface area contributed by atoms with Crippen LogP contribution in [0.25, 0.3) is 0 Å². The topological polar surface area (TPSA) is 85.8 Å². The average molecular weight is 395 g/mol. The average Bonchev–Trinajstić information content (AvgIpc) is 3.09. The van der Waals surface area contributed by atoms with E-state index in [2.05, 4.69) is 15.4 Å². The van der Waals surface area contributed by atoms with Crippen LogP contribution in [0.5, 0.6) is 0 Å². The normalized spacial score (nSPS) is 15.9. The summed E-state index contributed by atoms with van der Waals surface area (Å²) in [5, 5.41) is 8.15. The summed E-state index contributed by atoms with van der Waals surface area (Å²) in [6, 6.07) is 15.7. The second-order valence-corrected chi connectivity index (χ2v) is 7.33. The number of thioether (sulfide) groups is 1. The zero-order chi connectivity index (χ0) is 19.7. The van der Waals surface area contributed by atoms with Crippen LogP contribution in [-0.4, -0.2) is 20.7 Å². The lowest BCUT2D eigenvalue weighted by atomic mass is 9.95. The van der Waals surface area contributed by atoms with Crippen molar-refractivity contribution in [2.45, 2.75) is 23.9 Å². The molecule has 142 valence electrons. The molecule has 8 heteroatoms. The van der Waals surface area contributed by atoms with Gasteiger partial charge in [0.1, 0.15) is 11.9 Å². The molecule has 0 unspecified atom stereocenters. The Bertz CT molecular complexity index is 1060. The molecule has 1 atom stereocenters. The fraction of sp³-hybridized carbons (Fsp3) is 0.150. The minimum atomic E-state index is -0.513. The zero-order valence-corrected chi connectivity index (χ0v) is 15.9. The highest BCUT2D eigenvalue weighted by Crippen LogP contribution is 2.36. The van der Waals surface area contributed by atoms with E-state index in [0.29, 0.717) is 33.7 Å². The Hall–Kier alpha value is -3.13. The number of hydrogen-bond acceptors (Lipinski definition) is 5. The number of primary amides is 1. The van der Waals surface area contributed by atoms with Gasteiger partial charge < -0.3 is 11.1 Å². The number of allylic oxidation sites excluding steroid dienone is 1. The fourth-order valence-corrected chi connectivity index (χ4v) is 4.03. The summed E-state index contributed by atoms with van der Waals surface area (Å²) < 4.78 is 15.5. The van der Waals surface area contributed by atoms with Crippen LogP contribution in [0.1, 0.15) is 24.1 Å². The number of nitrogens with zero attached hydrogens (tertiary/aromatic N) is 3. The van der Waals surface area contributed by atoms with Gasteiger partial charge in [-0.25, -0.2) is 9.07 Å². The lowest BCUT2D eigenvalue weighted by molar-refractivity contribution is -0.115. The predicted molar refractivity (Wildman–Crippen MR) is 106 cm³/mol. The molecule has 1 aliphatic heterocycles. The van der Waals surface area contributed by atoms with Gasteiger partial charge in [-0.1, -0.05) is 60.3 Å². The van der Waals surface area contributed by atoms with Crippen molar-refractivity contribution in [1.29, 1.82) is 0 Å². The maximum Gasteiger partial charge on any atom is 0.248 e. The van der Waals surface area contributed by atoms with Crippen molar-refractivity contribution in [3.63, 3.8) is 0 Å². The van der Waals surface area contributed by atoms with Gasteiger partial charge in [-0.05, 0) is 24.1 Å². The Labute approximate surface area is 165 Å². The summed E-state index contributed by atoms with van der Waals surface area (Å²) >= 11 is 1.33. The van der Waals surface area contributed by atoms with Crippen molar-refractivity contribution in [2.24, 2.45) is 5.73 Å². The molecule has 2 heterocycles. The van der Waals surface area contributed by atoms with Gasteiger partial charge in [0, 0.05) is 11.4 Å². The van der Waals surface area contributed by atoms with Crippen molar-refractivity contribution in [3.05, 3.63) is 82.8 Å². The molecule has 1 amide bonds. The molecule has 0 aliphatic carbocycles. The number of anilines is 1. The Balaban J connectivity index is 1.68. The molecule has 3 N–H and O–H groups in total. The van der Waals surface area contributed by atoms with E-state index in [-0.39, 0.29) is 5.82 Å². The van der Waals surface area contributed by atoms with E-state index in [1.165, 1.54) is 17.8 Å². The van der Waals surface area contributed by atoms with Crippen LogP contribution >= 0.6 is 11.8 Å². The molecule has 0 bridgehead atoms. The second kappa shape index (κ2) is 7.47. The monoisotopic (exact) mass is 395 g/mol. The van der Waals surface area contributed by atoms with Crippen LogP contribution in [0.2, 0.25) is 0 Å². The fourth-order valence-electron chi connectivity index (χ4n) is 3.21. The Morgan fingerprint density at radius 3 is 2.64 bits per heavy atom. The van der Waals surface area contributed by atoms with E-state index in [1.54, 1.807) is 29.8 Å². The van der Waals surface area contributed by atoms with Crippen molar-refractivity contribution < 1.29 is 9.18 Å². The van der Waals surface area contributed by atoms with E-state index < -0.39 is 11.9 Å². The number of nitrogens with one attached hydrogen (secondary N) is 1. The van der Waals surface area contributed by atoms with E-state index in [9.17, 15) is 9.18 Å². The quantitative estimate of drug-likeness (QED) is 0.646. The first-order valence-corrected chi connectivity index (χ1v) is 9.68. The van der Waals surface area contributed by atoms with Crippen molar-refractivity contribution in [3.8, 4) is 0 Å². The highest BCUT2D eigenvalue weighted by molar-refractivity contribution is 7.98. The van der Waals surface area contributed by atoms with Crippen molar-refractivity contribution in [1.82, 2.24) is 14.8 Å². The van der Waals surface area contributed by atoms with Crippen LogP contribution in [0.15, 0.2) is 71.0 Å². The van der Waals surface area contributed by atoms with Gasteiger partial charge >= 0.3 is 0 Å². The van der Waals surface area contributed by atoms with Crippen LogP contribution in [-0.2, 0) is 10.5 Å². The summed E-state index contributed by atoms with van der Waals surface area (Å²) in [4.78, 5) is 16.6. The SMILES string of the molecule is CC1=C(C(N)=O)[C@@H](c2ccccc2)n2nc(SCc3ccccc3F)nc2N1. The third kappa shape index (κ3) is 3.38. The number of nitrogens with two attached hydrogens (primary N) is 1. The molecule has 4 rings (SSSR count). The largest absolute Gasteiger partial charge is 0.366 e. The van der Waals surface area contributed by atoms with E-state index >= 15 is 0 Å². The van der Waals surface area contributed by atoms with E-state index in [4.69, 9.17) is 5.73 Å². The van der Waals surface area contributed by atoms with Gasteiger partial charge in [-0.15, -0.1) is 5.10 Å². The lowest BCUT2D eigenvalue weighted by Gasteiger charge is -2.27. The standard InChI is InChI=1S/C20H18FN5OS/c1-12-16(18(22)27)17(13-7-3-2-4-8-13)26-19(23-12)24-20(25-26)28-11-14-9-5-6-10-15(14)21/h2-10,17H,11H2,1H3,(H2,22,27)(H,23,24,25)/t17-/m1/s1. The summed E-state index contributed by atoms with van der Waals surface area (Å²) in [5.41, 5.74) is 8.21. The Morgan fingerprint density at radius 1 is 1.21 bits per heavy atom. The van der Waals surface area contributed by atoms with Crippen LogP contribution in [0.3, 0.4) is 0 Å². The maximum atomic E-state index is 13.9. The molecular formula is C20H18FN5OS. The molecule has 6 nitrogen and oxygen atoms in total. The van der Waals surface area contributed by atoms with E-state index in [0.717, 1.165) is 5.56 Å². The molecule has 0 saturated carbocycles. The molecule has 0 fully saturated rings. The first-order chi connectivity index (χ1) is 13.5. The highest BCUT2D eigenvalue weighted by Gasteiger charge is 2.33. The molecule has 1 aliphatic rings. The molecule has 1 aromatic heterocycles. The maximum absolute atomic E-state index is 13.9. The Morgan fingerprint density at radius 2 is 1.93 bits per heavy atom. The van der Waals surface area contributed by atoms with Gasteiger partial charge in [-0.2, -0.15) is 4.98 Å². The van der Waals surface area contributed by atoms with E-state index in [1.807, 2.05) is 30.3 Å². The van der Waals surface area contributed by atoms with Crippen molar-refractivity contribution in [2.75, 3.05) is 5.32 Å². The number of hydrogen-bond donors (Lipinski definition) is 2. The molecule has 2 aromatic carbocycles. The molecule has 3 aromatic rings. The highest BCUT2D eigenvalue weighted by atomic mass is 32.2. The summed E-state index contributed by atoms with van der Waals surface area (Å²) in [5.74, 6) is 0.155. The van der Waals surface area contributed by atoms with Gasteiger partial charge in [0.25, 0.3) is 0 Å². The zero-order valence-electron chi connectivity index (χ0n) is 15.1. The number of benzene rings is 2. The number of rotatable bonds is 5. The summed E-state index contributed by atoms with van der Waals surface area (Å²) in [7, 11) is 0. The van der Waals surface area contributed by atoms with Gasteiger partial charge in [0.15, 0.2) is 0 Å². The van der Waals surface area contributed by atoms with Crippen LogP contribution in [0, 0.1) is 5.82 Å². The number of carbonyl (C=O) groups is 1. The molecule has 28 heavy (non-hydrogen) atoms. The minimum absolute atomic E-state index is 0.257. The first kappa shape index (κ1) is 18.2. The molecular weight excluding hydrogens is 377 g/mol. The number of aromatic nitrogens is 3. The van der Waals surface area contributed by atoms with Crippen LogP contribution < -0.4 is 11.1 Å². The smallest absolute Gasteiger partial charge is 0.248 e. The third-order valence-electron chi connectivity index (χ3n) is 4.53. The predicted octanol–water partition coefficient (Wildman–Crippen LogP) is 3.48. The molecule has 0 spiro atoms. The third-order valence-corrected chi connectivity index (χ3v) is 5.42. The minimum Gasteiger partial charge on any atom is -0.366 e. The Kier molecular flexibility index (Phi) is 4.87. The van der Waals surface area contributed by atoms with Crippen LogP contribution in [0.4, 0.5) is 10.3 Å². The summed E-state index contributed by atoms with van der Waals surface area (Å²) in [6.07, 6.45) is 0. The summed E-state index contributed by atoms with van der Waals surface area (Å²) in [6.45, 7) is 1.79. The second-order valence-electron chi connectivity index (χ2n) is 6.38. The first-order valence-electron chi connectivity index (χ1n) is 8.70. The van der Waals surface area contributed by atoms with Crippen molar-refractivity contribution >= 4 is 23.6 Å². The van der Waals surface area contributed by atoms with Gasteiger partial charge in [0.05, 0.1) is 5.57 Å². The number of fused-ring (bicyclic) bond motifs is 1. The number of amides is 1. The van der Waals surface area contributed by atoms with Gasteiger partial charge in [-0.3, -0.25) is 4.79 Å². The molecule has 0 radical (unpaired) electrons. The molecule has 0 saturated heterocycles. The number of halogens is 1.